The van der Waals surface area contributed by atoms with Crippen LogP contribution in [0.3, 0.4) is 0 Å². The van der Waals surface area contributed by atoms with E-state index in [0.29, 0.717) is 5.92 Å². The van der Waals surface area contributed by atoms with Gasteiger partial charge in [0.1, 0.15) is 0 Å². The van der Waals surface area contributed by atoms with Crippen molar-refractivity contribution in [1.29, 1.82) is 0 Å². The number of rotatable bonds is 4. The summed E-state index contributed by atoms with van der Waals surface area (Å²) in [5.41, 5.74) is 0.628. The molecule has 0 heterocycles. The van der Waals surface area contributed by atoms with E-state index in [0.717, 1.165) is 23.4 Å². The van der Waals surface area contributed by atoms with E-state index in [9.17, 15) is 5.11 Å². The maximum absolute atomic E-state index is 10.5. The van der Waals surface area contributed by atoms with Gasteiger partial charge in [-0.3, -0.25) is 0 Å². The van der Waals surface area contributed by atoms with E-state index in [2.05, 4.69) is 6.92 Å². The van der Waals surface area contributed by atoms with Crippen molar-refractivity contribution in [2.45, 2.75) is 38.2 Å². The Morgan fingerprint density at radius 2 is 2.20 bits per heavy atom. The highest BCUT2D eigenvalue weighted by molar-refractivity contribution is 6.30. The van der Waals surface area contributed by atoms with Gasteiger partial charge in [0.15, 0.2) is 0 Å². The van der Waals surface area contributed by atoms with Gasteiger partial charge in [-0.1, -0.05) is 30.7 Å². The number of aliphatic hydroxyl groups is 1. The summed E-state index contributed by atoms with van der Waals surface area (Å²) in [6, 6.07) is 7.80. The maximum Gasteiger partial charge on any atom is 0.0713 e. The van der Waals surface area contributed by atoms with Gasteiger partial charge in [0.25, 0.3) is 0 Å². The van der Waals surface area contributed by atoms with Crippen LogP contribution < -0.4 is 0 Å². The van der Waals surface area contributed by atoms with Crippen LogP contribution in [0.15, 0.2) is 24.3 Å². The van der Waals surface area contributed by atoms with Crippen LogP contribution in [-0.4, -0.2) is 10.7 Å². The molecule has 1 aliphatic carbocycles. The molecule has 2 heteroatoms. The molecule has 0 saturated heterocycles. The minimum Gasteiger partial charge on any atom is -0.389 e. The van der Waals surface area contributed by atoms with Gasteiger partial charge in [-0.25, -0.2) is 0 Å². The van der Waals surface area contributed by atoms with Crippen molar-refractivity contribution in [2.75, 3.05) is 0 Å². The molecular weight excluding hydrogens is 208 g/mol. The Balaban J connectivity index is 2.12. The molecule has 1 N–H and O–H groups in total. The number of benzene rings is 1. The van der Waals surface area contributed by atoms with Crippen LogP contribution in [0.25, 0.3) is 0 Å². The monoisotopic (exact) mass is 224 g/mol. The second-order valence-electron chi connectivity index (χ2n) is 4.54. The van der Waals surface area contributed by atoms with Gasteiger partial charge in [-0.15, -0.1) is 0 Å². The van der Waals surface area contributed by atoms with Crippen molar-refractivity contribution in [3.8, 4) is 0 Å². The summed E-state index contributed by atoms with van der Waals surface area (Å²) in [6.07, 6.45) is 3.90. The lowest BCUT2D eigenvalue weighted by molar-refractivity contribution is 0.0139. The zero-order valence-corrected chi connectivity index (χ0v) is 9.80. The van der Waals surface area contributed by atoms with E-state index >= 15 is 0 Å². The molecule has 0 radical (unpaired) electrons. The topological polar surface area (TPSA) is 20.2 Å². The lowest BCUT2D eigenvalue weighted by atomic mass is 9.87. The van der Waals surface area contributed by atoms with Gasteiger partial charge in [-0.05, 0) is 42.9 Å². The van der Waals surface area contributed by atoms with Crippen LogP contribution in [0, 0.1) is 5.92 Å². The molecule has 1 nitrogen and oxygen atoms in total. The van der Waals surface area contributed by atoms with E-state index in [4.69, 9.17) is 11.6 Å². The molecule has 1 aliphatic rings. The molecule has 1 aromatic rings. The molecule has 0 amide bonds. The second kappa shape index (κ2) is 4.15. The third-order valence-corrected chi connectivity index (χ3v) is 3.58. The molecule has 0 bridgehead atoms. The average molecular weight is 225 g/mol. The molecule has 0 aromatic heterocycles. The predicted octanol–water partition coefficient (Wildman–Crippen LogP) is 3.43. The predicted molar refractivity (Wildman–Crippen MR) is 63.1 cm³/mol. The minimum absolute atomic E-state index is 0.501. The molecule has 1 fully saturated rings. The Bertz CT molecular complexity index is 346. The van der Waals surface area contributed by atoms with Crippen molar-refractivity contribution in [2.24, 2.45) is 5.92 Å². The first-order valence-electron chi connectivity index (χ1n) is 5.61. The molecule has 82 valence electrons. The van der Waals surface area contributed by atoms with Crippen molar-refractivity contribution >= 4 is 11.6 Å². The van der Waals surface area contributed by atoms with Crippen molar-refractivity contribution < 1.29 is 5.11 Å². The minimum atomic E-state index is -0.509. The smallest absolute Gasteiger partial charge is 0.0713 e. The molecule has 0 aliphatic heterocycles. The first-order chi connectivity index (χ1) is 7.14. The summed E-state index contributed by atoms with van der Waals surface area (Å²) in [4.78, 5) is 0. The second-order valence-corrected chi connectivity index (χ2v) is 4.97. The highest BCUT2D eigenvalue weighted by atomic mass is 35.5. The molecule has 2 rings (SSSR count). The summed E-state index contributed by atoms with van der Waals surface area (Å²) < 4.78 is 0. The Labute approximate surface area is 96.1 Å². The Kier molecular flexibility index (Phi) is 3.03. The van der Waals surface area contributed by atoms with Gasteiger partial charge in [0.05, 0.1) is 5.60 Å². The zero-order valence-electron chi connectivity index (χ0n) is 9.04. The fourth-order valence-corrected chi connectivity index (χ4v) is 2.39. The van der Waals surface area contributed by atoms with Crippen LogP contribution >= 0.6 is 11.6 Å². The molecule has 1 atom stereocenters. The van der Waals surface area contributed by atoms with Crippen molar-refractivity contribution in [1.82, 2.24) is 0 Å². The molecule has 15 heavy (non-hydrogen) atoms. The lowest BCUT2D eigenvalue weighted by Crippen LogP contribution is -2.33. The van der Waals surface area contributed by atoms with E-state index in [-0.39, 0.29) is 0 Å². The summed E-state index contributed by atoms with van der Waals surface area (Å²) in [7, 11) is 0. The summed E-state index contributed by atoms with van der Waals surface area (Å²) in [5, 5.41) is 11.2. The van der Waals surface area contributed by atoms with Crippen LogP contribution in [0.4, 0.5) is 0 Å². The lowest BCUT2D eigenvalue weighted by Gasteiger charge is -2.26. The summed E-state index contributed by atoms with van der Waals surface area (Å²) in [5.74, 6) is 0.501. The van der Waals surface area contributed by atoms with E-state index in [1.54, 1.807) is 0 Å². The standard InChI is InChI=1S/C13H17ClO/c1-2-13(15,11-6-7-11)9-10-4-3-5-12(14)8-10/h3-5,8,11,15H,2,6-7,9H2,1H3. The van der Waals surface area contributed by atoms with Crippen LogP contribution in [-0.2, 0) is 6.42 Å². The fraction of sp³-hybridized carbons (Fsp3) is 0.538. The molecule has 0 spiro atoms. The molecule has 1 saturated carbocycles. The molecule has 1 aromatic carbocycles. The van der Waals surface area contributed by atoms with E-state index < -0.39 is 5.60 Å². The van der Waals surface area contributed by atoms with Crippen molar-refractivity contribution in [3.05, 3.63) is 34.9 Å². The SMILES string of the molecule is CCC(O)(Cc1cccc(Cl)c1)C1CC1. The van der Waals surface area contributed by atoms with Gasteiger partial charge < -0.3 is 5.11 Å². The third kappa shape index (κ3) is 2.53. The van der Waals surface area contributed by atoms with Gasteiger partial charge in [-0.2, -0.15) is 0 Å². The Hall–Kier alpha value is -0.530. The van der Waals surface area contributed by atoms with Gasteiger partial charge in [0, 0.05) is 11.4 Å². The summed E-state index contributed by atoms with van der Waals surface area (Å²) >= 11 is 5.93. The highest BCUT2D eigenvalue weighted by Crippen LogP contribution is 2.43. The fourth-order valence-electron chi connectivity index (χ4n) is 2.18. The van der Waals surface area contributed by atoms with Crippen LogP contribution in [0.2, 0.25) is 5.02 Å². The Morgan fingerprint density at radius 3 is 2.73 bits per heavy atom. The van der Waals surface area contributed by atoms with Gasteiger partial charge in [0.2, 0.25) is 0 Å². The molecular formula is C13H17ClO. The maximum atomic E-state index is 10.5. The van der Waals surface area contributed by atoms with E-state index in [1.807, 2.05) is 24.3 Å². The number of hydrogen-bond donors (Lipinski definition) is 1. The van der Waals surface area contributed by atoms with Crippen LogP contribution in [0.5, 0.6) is 0 Å². The summed E-state index contributed by atoms with van der Waals surface area (Å²) in [6.45, 7) is 2.06. The Morgan fingerprint density at radius 1 is 1.47 bits per heavy atom. The number of halogens is 1. The van der Waals surface area contributed by atoms with E-state index in [1.165, 1.54) is 12.8 Å². The van der Waals surface area contributed by atoms with Crippen molar-refractivity contribution in [3.63, 3.8) is 0 Å². The van der Waals surface area contributed by atoms with Crippen LogP contribution in [0.1, 0.15) is 31.7 Å². The third-order valence-electron chi connectivity index (χ3n) is 3.35. The van der Waals surface area contributed by atoms with Gasteiger partial charge >= 0.3 is 0 Å². The average Bonchev–Trinajstić information content (AvgIpc) is 3.01. The number of hydrogen-bond acceptors (Lipinski definition) is 1. The first-order valence-corrected chi connectivity index (χ1v) is 5.98. The largest absolute Gasteiger partial charge is 0.389 e. The highest BCUT2D eigenvalue weighted by Gasteiger charge is 2.42. The normalized spacial score (nSPS) is 19.9. The first kappa shape index (κ1) is 11.0. The quantitative estimate of drug-likeness (QED) is 0.831. The zero-order chi connectivity index (χ0) is 10.9. The molecule has 1 unspecified atom stereocenters.